The molecule has 10 heteroatoms. The maximum Gasteiger partial charge on any atom is 0.410 e. The maximum absolute atomic E-state index is 12.8. The molecule has 0 spiro atoms. The highest BCUT2D eigenvalue weighted by Gasteiger charge is 2.46. The molecule has 0 aliphatic heterocycles. The normalized spacial score (nSPS) is 13.4. The molecule has 0 saturated heterocycles. The van der Waals surface area contributed by atoms with Crippen molar-refractivity contribution in [2.45, 2.75) is 51.2 Å². The van der Waals surface area contributed by atoms with E-state index < -0.39 is 21.3 Å². The molecule has 2 N–H and O–H groups in total. The molecule has 1 atom stereocenters. The van der Waals surface area contributed by atoms with E-state index in [1.54, 1.807) is 5.32 Å². The summed E-state index contributed by atoms with van der Waals surface area (Å²) in [7, 11) is -6.01. The zero-order chi connectivity index (χ0) is 18.1. The van der Waals surface area contributed by atoms with Crippen LogP contribution in [-0.4, -0.2) is 43.1 Å². The number of unbranched alkanes of at least 4 members (excludes halogenated alkanes) is 3. The molecule has 0 heterocycles. The summed E-state index contributed by atoms with van der Waals surface area (Å²) in [6.07, 6.45) is 3.15. The number of hydrogen-bond acceptors (Lipinski definition) is 5. The molecule has 7 nitrogen and oxygen atoms in total. The molecule has 136 valence electrons. The van der Waals surface area contributed by atoms with Gasteiger partial charge in [-0.15, -0.1) is 0 Å². The van der Waals surface area contributed by atoms with Crippen LogP contribution in [0.1, 0.15) is 46.0 Å². The average molecular weight is 357 g/mol. The molecule has 0 aromatic heterocycles. The van der Waals surface area contributed by atoms with E-state index >= 15 is 0 Å². The molecule has 0 aromatic carbocycles. The number of carbonyl (C=O) groups is 2. The van der Waals surface area contributed by atoms with Gasteiger partial charge in [-0.2, -0.15) is 8.78 Å². The highest BCUT2D eigenvalue weighted by Crippen LogP contribution is 2.20. The minimum absolute atomic E-state index is 0.0131. The largest absolute Gasteiger partial charge is 0.743 e. The van der Waals surface area contributed by atoms with Gasteiger partial charge < -0.3 is 15.2 Å². The summed E-state index contributed by atoms with van der Waals surface area (Å²) in [6.45, 7) is 4.11. The summed E-state index contributed by atoms with van der Waals surface area (Å²) in [5.41, 5.74) is 0. The van der Waals surface area contributed by atoms with Crippen LogP contribution in [0.3, 0.4) is 0 Å². The van der Waals surface area contributed by atoms with E-state index in [0.717, 1.165) is 6.42 Å². The van der Waals surface area contributed by atoms with Crippen molar-refractivity contribution in [3.8, 4) is 0 Å². The van der Waals surface area contributed by atoms with E-state index in [1.165, 1.54) is 0 Å². The Morgan fingerprint density at radius 2 is 1.57 bits per heavy atom. The minimum Gasteiger partial charge on any atom is -0.743 e. The van der Waals surface area contributed by atoms with E-state index in [9.17, 15) is 31.3 Å². The molecule has 0 rings (SSSR count). The summed E-state index contributed by atoms with van der Waals surface area (Å²) in [5, 5.41) is -0.458. The minimum atomic E-state index is -6.01. The van der Waals surface area contributed by atoms with Gasteiger partial charge in [-0.05, 0) is 19.3 Å². The Morgan fingerprint density at radius 1 is 1.09 bits per heavy atom. The van der Waals surface area contributed by atoms with Crippen molar-refractivity contribution in [1.82, 2.24) is 10.6 Å². The number of rotatable bonds is 11. The van der Waals surface area contributed by atoms with Crippen LogP contribution in [0.5, 0.6) is 0 Å². The summed E-state index contributed by atoms with van der Waals surface area (Å²) < 4.78 is 56.3. The molecular formula is C13H23F2N2O5S-. The van der Waals surface area contributed by atoms with Gasteiger partial charge in [0.2, 0.25) is 5.91 Å². The second kappa shape index (κ2) is 9.76. The van der Waals surface area contributed by atoms with Crippen LogP contribution in [-0.2, 0) is 19.7 Å². The molecule has 0 aliphatic carbocycles. The maximum atomic E-state index is 12.8. The van der Waals surface area contributed by atoms with Crippen molar-refractivity contribution in [3.63, 3.8) is 0 Å². The standard InChI is InChI=1S/C13H24F2N2O5S/c1-3-10(2)11(18)16-8-6-4-5-7-9-17-12(19)13(14,15)23(20,21)22/h10H,3-9H2,1-2H3,(H,16,18)(H,17,19)(H,20,21,22)/p-1. The molecule has 0 radical (unpaired) electrons. The first kappa shape index (κ1) is 21.7. The van der Waals surface area contributed by atoms with Gasteiger partial charge in [-0.25, -0.2) is 8.42 Å². The van der Waals surface area contributed by atoms with Gasteiger partial charge in [0.1, 0.15) is 0 Å². The lowest BCUT2D eigenvalue weighted by Crippen LogP contribution is -2.46. The van der Waals surface area contributed by atoms with Crippen molar-refractivity contribution in [3.05, 3.63) is 0 Å². The van der Waals surface area contributed by atoms with Gasteiger partial charge in [0, 0.05) is 19.0 Å². The molecule has 2 amide bonds. The number of hydrogen-bond donors (Lipinski definition) is 2. The number of alkyl halides is 2. The Bertz CT molecular complexity index is 497. The molecule has 1 unspecified atom stereocenters. The zero-order valence-electron chi connectivity index (χ0n) is 13.2. The second-order valence-electron chi connectivity index (χ2n) is 5.24. The average Bonchev–Trinajstić information content (AvgIpc) is 2.47. The number of halogens is 2. The number of nitrogens with one attached hydrogen (secondary N) is 2. The zero-order valence-corrected chi connectivity index (χ0v) is 14.0. The van der Waals surface area contributed by atoms with Crippen molar-refractivity contribution < 1.29 is 31.3 Å². The second-order valence-corrected chi connectivity index (χ2v) is 6.66. The third-order valence-corrected chi connectivity index (χ3v) is 4.14. The predicted octanol–water partition coefficient (Wildman–Crippen LogP) is 0.963. The highest BCUT2D eigenvalue weighted by atomic mass is 32.2. The topological polar surface area (TPSA) is 115 Å². The third-order valence-electron chi connectivity index (χ3n) is 3.33. The SMILES string of the molecule is CCC(C)C(=O)NCCCCCCNC(=O)C(F)(F)S(=O)(=O)[O-]. The lowest BCUT2D eigenvalue weighted by atomic mass is 10.1. The molecule has 0 bridgehead atoms. The Morgan fingerprint density at radius 3 is 2.00 bits per heavy atom. The molecule has 0 aliphatic rings. The van der Waals surface area contributed by atoms with E-state index in [1.807, 2.05) is 13.8 Å². The number of amides is 2. The highest BCUT2D eigenvalue weighted by molar-refractivity contribution is 7.87. The van der Waals surface area contributed by atoms with Crippen molar-refractivity contribution in [2.24, 2.45) is 5.92 Å². The summed E-state index contributed by atoms with van der Waals surface area (Å²) >= 11 is 0. The van der Waals surface area contributed by atoms with Crippen LogP contribution < -0.4 is 10.6 Å². The van der Waals surface area contributed by atoms with Gasteiger partial charge in [-0.3, -0.25) is 9.59 Å². The van der Waals surface area contributed by atoms with Gasteiger partial charge >= 0.3 is 11.2 Å². The van der Waals surface area contributed by atoms with Gasteiger partial charge in [0.25, 0.3) is 0 Å². The summed E-state index contributed by atoms with van der Waals surface area (Å²) in [5.74, 6) is -2.15. The molecular weight excluding hydrogens is 334 g/mol. The third kappa shape index (κ3) is 7.69. The smallest absolute Gasteiger partial charge is 0.410 e. The Balaban J connectivity index is 3.76. The molecule has 0 aromatic rings. The first-order valence-electron chi connectivity index (χ1n) is 7.43. The molecule has 23 heavy (non-hydrogen) atoms. The van der Waals surface area contributed by atoms with Crippen LogP contribution in [0.2, 0.25) is 0 Å². The fraction of sp³-hybridized carbons (Fsp3) is 0.846. The van der Waals surface area contributed by atoms with Crippen molar-refractivity contribution in [2.75, 3.05) is 13.1 Å². The monoisotopic (exact) mass is 357 g/mol. The van der Waals surface area contributed by atoms with Gasteiger partial charge in [-0.1, -0.05) is 26.7 Å². The van der Waals surface area contributed by atoms with E-state index in [4.69, 9.17) is 0 Å². The molecule has 0 fully saturated rings. The Hall–Kier alpha value is -1.29. The Kier molecular flexibility index (Phi) is 9.21. The van der Waals surface area contributed by atoms with Gasteiger partial charge in [0.15, 0.2) is 10.1 Å². The lowest BCUT2D eigenvalue weighted by molar-refractivity contribution is -0.136. The first-order valence-corrected chi connectivity index (χ1v) is 8.84. The fourth-order valence-electron chi connectivity index (χ4n) is 1.59. The fourth-order valence-corrected chi connectivity index (χ4v) is 1.89. The predicted molar refractivity (Wildman–Crippen MR) is 78.6 cm³/mol. The van der Waals surface area contributed by atoms with E-state index in [-0.39, 0.29) is 18.4 Å². The summed E-state index contributed by atoms with van der Waals surface area (Å²) in [4.78, 5) is 22.4. The first-order chi connectivity index (χ1) is 10.5. The summed E-state index contributed by atoms with van der Waals surface area (Å²) in [6, 6.07) is 0. The quantitative estimate of drug-likeness (QED) is 0.422. The van der Waals surface area contributed by atoms with Crippen LogP contribution in [0, 0.1) is 5.92 Å². The van der Waals surface area contributed by atoms with Crippen LogP contribution in [0.15, 0.2) is 0 Å². The Labute approximate surface area is 135 Å². The van der Waals surface area contributed by atoms with Crippen molar-refractivity contribution >= 4 is 21.9 Å². The van der Waals surface area contributed by atoms with Crippen LogP contribution >= 0.6 is 0 Å². The van der Waals surface area contributed by atoms with Gasteiger partial charge in [0.05, 0.1) is 0 Å². The van der Waals surface area contributed by atoms with Crippen LogP contribution in [0.25, 0.3) is 0 Å². The number of carbonyl (C=O) groups excluding carboxylic acids is 2. The van der Waals surface area contributed by atoms with E-state index in [2.05, 4.69) is 5.32 Å². The molecule has 0 saturated carbocycles. The van der Waals surface area contributed by atoms with E-state index in [0.29, 0.717) is 32.2 Å². The van der Waals surface area contributed by atoms with Crippen LogP contribution in [0.4, 0.5) is 8.78 Å². The lowest BCUT2D eigenvalue weighted by Gasteiger charge is -2.18. The van der Waals surface area contributed by atoms with Crippen molar-refractivity contribution in [1.29, 1.82) is 0 Å².